The number of amides is 1. The zero-order valence-electron chi connectivity index (χ0n) is 10.8. The van der Waals surface area contributed by atoms with Crippen LogP contribution < -0.4 is 5.32 Å². The molecule has 0 unspecified atom stereocenters. The quantitative estimate of drug-likeness (QED) is 0.796. The SMILES string of the molecule is Cc1ncc(C(=O)Nc2cc(C(=O)O)cc(C(=O)O)c2)s1. The number of nitrogens with one attached hydrogen (secondary N) is 1. The third-order valence-electron chi connectivity index (χ3n) is 2.53. The molecule has 0 fully saturated rings. The molecule has 8 heteroatoms. The Balaban J connectivity index is 2.32. The number of carbonyl (C=O) groups excluding carboxylic acids is 1. The van der Waals surface area contributed by atoms with Crippen LogP contribution in [0.3, 0.4) is 0 Å². The summed E-state index contributed by atoms with van der Waals surface area (Å²) in [7, 11) is 0. The van der Waals surface area contributed by atoms with Gasteiger partial charge >= 0.3 is 11.9 Å². The van der Waals surface area contributed by atoms with Gasteiger partial charge in [-0.1, -0.05) is 0 Å². The highest BCUT2D eigenvalue weighted by molar-refractivity contribution is 7.13. The molecule has 1 heterocycles. The van der Waals surface area contributed by atoms with E-state index >= 15 is 0 Å². The van der Waals surface area contributed by atoms with Crippen LogP contribution >= 0.6 is 11.3 Å². The Morgan fingerprint density at radius 1 is 1.10 bits per heavy atom. The second-order valence-electron chi connectivity index (χ2n) is 4.11. The predicted octanol–water partition coefficient (Wildman–Crippen LogP) is 2.10. The lowest BCUT2D eigenvalue weighted by atomic mass is 10.1. The van der Waals surface area contributed by atoms with Crippen molar-refractivity contribution in [1.29, 1.82) is 0 Å². The molecule has 3 N–H and O–H groups in total. The predicted molar refractivity (Wildman–Crippen MR) is 75.2 cm³/mol. The minimum absolute atomic E-state index is 0.100. The first kappa shape index (κ1) is 14.7. The zero-order valence-corrected chi connectivity index (χ0v) is 11.6. The van der Waals surface area contributed by atoms with Gasteiger partial charge in [-0.25, -0.2) is 14.6 Å². The van der Waals surface area contributed by atoms with E-state index in [0.717, 1.165) is 6.07 Å². The molecular formula is C13H10N2O5S. The van der Waals surface area contributed by atoms with E-state index in [-0.39, 0.29) is 16.8 Å². The first-order chi connectivity index (χ1) is 9.86. The van der Waals surface area contributed by atoms with Crippen LogP contribution in [0.15, 0.2) is 24.4 Å². The normalized spacial score (nSPS) is 10.1. The number of aromatic nitrogens is 1. The van der Waals surface area contributed by atoms with E-state index in [1.54, 1.807) is 6.92 Å². The smallest absolute Gasteiger partial charge is 0.335 e. The van der Waals surface area contributed by atoms with Crippen LogP contribution in [0.25, 0.3) is 0 Å². The Morgan fingerprint density at radius 2 is 1.67 bits per heavy atom. The number of hydrogen-bond donors (Lipinski definition) is 3. The number of rotatable bonds is 4. The fourth-order valence-electron chi connectivity index (χ4n) is 1.61. The molecule has 1 amide bonds. The molecule has 7 nitrogen and oxygen atoms in total. The van der Waals surface area contributed by atoms with Gasteiger partial charge in [-0.15, -0.1) is 11.3 Å². The van der Waals surface area contributed by atoms with Crippen molar-refractivity contribution < 1.29 is 24.6 Å². The van der Waals surface area contributed by atoms with Crippen LogP contribution in [-0.4, -0.2) is 33.0 Å². The summed E-state index contributed by atoms with van der Waals surface area (Å²) in [6.45, 7) is 1.75. The molecule has 1 aromatic heterocycles. The molecule has 108 valence electrons. The van der Waals surface area contributed by atoms with Gasteiger partial charge in [-0.05, 0) is 25.1 Å². The van der Waals surface area contributed by atoms with E-state index in [0.29, 0.717) is 9.88 Å². The third-order valence-corrected chi connectivity index (χ3v) is 3.44. The minimum atomic E-state index is -1.28. The standard InChI is InChI=1S/C13H10N2O5S/c1-6-14-5-10(21-6)11(16)15-9-3-7(12(17)18)2-8(4-9)13(19)20/h2-5H,1H3,(H,15,16)(H,17,18)(H,19,20). The number of hydrogen-bond acceptors (Lipinski definition) is 5. The van der Waals surface area contributed by atoms with Gasteiger partial charge in [0.25, 0.3) is 5.91 Å². The van der Waals surface area contributed by atoms with Crippen molar-refractivity contribution >= 4 is 34.9 Å². The second kappa shape index (κ2) is 5.71. The molecule has 2 rings (SSSR count). The third kappa shape index (κ3) is 3.42. The van der Waals surface area contributed by atoms with Gasteiger partial charge in [0.05, 0.1) is 22.3 Å². The number of benzene rings is 1. The van der Waals surface area contributed by atoms with Gasteiger partial charge in [0.2, 0.25) is 0 Å². The number of carboxylic acid groups (broad SMARTS) is 2. The Bertz CT molecular complexity index is 706. The number of anilines is 1. The molecular weight excluding hydrogens is 296 g/mol. The fraction of sp³-hybridized carbons (Fsp3) is 0.0769. The lowest BCUT2D eigenvalue weighted by Crippen LogP contribution is -2.12. The van der Waals surface area contributed by atoms with Gasteiger partial charge in [0.15, 0.2) is 0 Å². The highest BCUT2D eigenvalue weighted by atomic mass is 32.1. The lowest BCUT2D eigenvalue weighted by molar-refractivity contribution is 0.0696. The van der Waals surface area contributed by atoms with Crippen molar-refractivity contribution in [2.45, 2.75) is 6.92 Å². The van der Waals surface area contributed by atoms with Crippen molar-refractivity contribution in [3.8, 4) is 0 Å². The largest absolute Gasteiger partial charge is 0.478 e. The summed E-state index contributed by atoms with van der Waals surface area (Å²) in [6.07, 6.45) is 1.40. The van der Waals surface area contributed by atoms with Gasteiger partial charge in [0, 0.05) is 5.69 Å². The molecule has 0 aliphatic heterocycles. The Kier molecular flexibility index (Phi) is 3.99. The second-order valence-corrected chi connectivity index (χ2v) is 5.34. The summed E-state index contributed by atoms with van der Waals surface area (Å²) >= 11 is 1.18. The first-order valence-electron chi connectivity index (χ1n) is 5.72. The number of thiazole rings is 1. The van der Waals surface area contributed by atoms with Gasteiger partial charge in [0.1, 0.15) is 4.88 Å². The number of aryl methyl sites for hydroxylation is 1. The highest BCUT2D eigenvalue weighted by Gasteiger charge is 2.14. The molecule has 0 saturated carbocycles. The van der Waals surface area contributed by atoms with E-state index < -0.39 is 17.8 Å². The molecule has 0 spiro atoms. The number of nitrogens with zero attached hydrogens (tertiary/aromatic N) is 1. The summed E-state index contributed by atoms with van der Waals surface area (Å²) in [5.74, 6) is -3.02. The molecule has 21 heavy (non-hydrogen) atoms. The number of aromatic carboxylic acids is 2. The Labute approximate surface area is 122 Å². The van der Waals surface area contributed by atoms with Crippen molar-refractivity contribution in [3.63, 3.8) is 0 Å². The molecule has 0 bridgehead atoms. The zero-order chi connectivity index (χ0) is 15.6. The molecule has 0 aliphatic carbocycles. The maximum absolute atomic E-state index is 12.0. The Morgan fingerprint density at radius 3 is 2.10 bits per heavy atom. The maximum atomic E-state index is 12.0. The summed E-state index contributed by atoms with van der Waals surface area (Å²) in [5.41, 5.74) is -0.334. The molecule has 0 saturated heterocycles. The van der Waals surface area contributed by atoms with E-state index in [1.807, 2.05) is 0 Å². The van der Waals surface area contributed by atoms with Gasteiger partial charge < -0.3 is 15.5 Å². The lowest BCUT2D eigenvalue weighted by Gasteiger charge is -2.06. The van der Waals surface area contributed by atoms with Gasteiger partial charge in [-0.3, -0.25) is 4.79 Å². The van der Waals surface area contributed by atoms with E-state index in [2.05, 4.69) is 10.3 Å². The van der Waals surface area contributed by atoms with Crippen molar-refractivity contribution in [1.82, 2.24) is 4.98 Å². The summed E-state index contributed by atoms with van der Waals surface area (Å²) in [6, 6.07) is 3.41. The highest BCUT2D eigenvalue weighted by Crippen LogP contribution is 2.18. The van der Waals surface area contributed by atoms with Crippen LogP contribution in [0.4, 0.5) is 5.69 Å². The molecule has 2 aromatic rings. The molecule has 0 atom stereocenters. The summed E-state index contributed by atoms with van der Waals surface area (Å²) in [4.78, 5) is 38.2. The number of carboxylic acids is 2. The fourth-order valence-corrected chi connectivity index (χ4v) is 2.28. The van der Waals surface area contributed by atoms with E-state index in [9.17, 15) is 14.4 Å². The Hall–Kier alpha value is -2.74. The van der Waals surface area contributed by atoms with E-state index in [1.165, 1.54) is 29.7 Å². The summed E-state index contributed by atoms with van der Waals surface area (Å²) in [5, 5.41) is 21.1. The first-order valence-corrected chi connectivity index (χ1v) is 6.54. The monoisotopic (exact) mass is 306 g/mol. The average molecular weight is 306 g/mol. The maximum Gasteiger partial charge on any atom is 0.335 e. The van der Waals surface area contributed by atoms with Crippen LogP contribution in [0.5, 0.6) is 0 Å². The van der Waals surface area contributed by atoms with Crippen molar-refractivity contribution in [2.75, 3.05) is 5.32 Å². The van der Waals surface area contributed by atoms with Crippen molar-refractivity contribution in [2.24, 2.45) is 0 Å². The molecule has 0 aliphatic rings. The van der Waals surface area contributed by atoms with Gasteiger partial charge in [-0.2, -0.15) is 0 Å². The number of carbonyl (C=O) groups is 3. The van der Waals surface area contributed by atoms with E-state index in [4.69, 9.17) is 10.2 Å². The van der Waals surface area contributed by atoms with Crippen LogP contribution in [0.1, 0.15) is 35.4 Å². The topological polar surface area (TPSA) is 117 Å². The average Bonchev–Trinajstić information content (AvgIpc) is 2.85. The van der Waals surface area contributed by atoms with Crippen LogP contribution in [0, 0.1) is 6.92 Å². The van der Waals surface area contributed by atoms with Crippen LogP contribution in [-0.2, 0) is 0 Å². The molecule has 1 aromatic carbocycles. The minimum Gasteiger partial charge on any atom is -0.478 e. The molecule has 0 radical (unpaired) electrons. The van der Waals surface area contributed by atoms with Crippen LogP contribution in [0.2, 0.25) is 0 Å². The van der Waals surface area contributed by atoms with Crippen molar-refractivity contribution in [3.05, 3.63) is 45.4 Å². The summed E-state index contributed by atoms with van der Waals surface area (Å²) < 4.78 is 0.